The van der Waals surface area contributed by atoms with Crippen molar-refractivity contribution in [3.63, 3.8) is 0 Å². The van der Waals surface area contributed by atoms with Gasteiger partial charge < -0.3 is 14.4 Å². The van der Waals surface area contributed by atoms with Gasteiger partial charge in [-0.2, -0.15) is 0 Å². The minimum atomic E-state index is 0.141. The zero-order chi connectivity index (χ0) is 22.0. The van der Waals surface area contributed by atoms with Crippen molar-refractivity contribution in [3.8, 4) is 0 Å². The summed E-state index contributed by atoms with van der Waals surface area (Å²) in [6.07, 6.45) is 2.99. The smallest absolute Gasteiger partial charge is 0.220 e. The molecule has 1 unspecified atom stereocenters. The van der Waals surface area contributed by atoms with E-state index in [2.05, 4.69) is 61.2 Å². The van der Waals surface area contributed by atoms with Gasteiger partial charge in [-0.05, 0) is 61.4 Å². The first-order chi connectivity index (χ1) is 14.2. The van der Waals surface area contributed by atoms with E-state index in [4.69, 9.17) is 11.6 Å². The molecule has 2 heterocycles. The summed E-state index contributed by atoms with van der Waals surface area (Å²) in [6, 6.07) is 6.30. The number of nitrogens with zero attached hydrogens (tertiary/aromatic N) is 3. The zero-order valence-corrected chi connectivity index (χ0v) is 20.3. The quantitative estimate of drug-likeness (QED) is 0.538. The Bertz CT molecular complexity index is 876. The van der Waals surface area contributed by atoms with Gasteiger partial charge in [-0.1, -0.05) is 39.3 Å². The number of halogens is 1. The Morgan fingerprint density at radius 3 is 2.47 bits per heavy atom. The van der Waals surface area contributed by atoms with Crippen LogP contribution in [0.5, 0.6) is 0 Å². The van der Waals surface area contributed by atoms with Crippen molar-refractivity contribution in [2.75, 3.05) is 26.2 Å². The fourth-order valence-corrected chi connectivity index (χ4v) is 5.38. The molecule has 0 spiro atoms. The fourth-order valence-electron chi connectivity index (χ4n) is 5.20. The van der Waals surface area contributed by atoms with E-state index >= 15 is 0 Å². The molecule has 1 aliphatic heterocycles. The highest BCUT2D eigenvalue weighted by Crippen LogP contribution is 2.39. The van der Waals surface area contributed by atoms with E-state index in [-0.39, 0.29) is 11.9 Å². The number of aromatic nitrogens is 1. The number of rotatable bonds is 8. The second-order valence-corrected chi connectivity index (χ2v) is 10.2. The number of hydrogen-bond acceptors (Lipinski definition) is 2. The van der Waals surface area contributed by atoms with E-state index in [1.54, 1.807) is 6.92 Å². The van der Waals surface area contributed by atoms with Crippen LogP contribution in [0.4, 0.5) is 0 Å². The topological polar surface area (TPSA) is 28.5 Å². The Labute approximate surface area is 187 Å². The normalized spacial score (nSPS) is 16.9. The van der Waals surface area contributed by atoms with Crippen LogP contribution in [-0.4, -0.2) is 46.5 Å². The monoisotopic (exact) mass is 431 g/mol. The number of benzene rings is 1. The molecule has 0 fully saturated rings. The third kappa shape index (κ3) is 5.03. The molecular formula is C25H38ClN3O. The highest BCUT2D eigenvalue weighted by Gasteiger charge is 2.33. The van der Waals surface area contributed by atoms with E-state index in [1.165, 1.54) is 22.2 Å². The maximum absolute atomic E-state index is 12.5. The van der Waals surface area contributed by atoms with Gasteiger partial charge in [-0.15, -0.1) is 0 Å². The molecule has 0 bridgehead atoms. The lowest BCUT2D eigenvalue weighted by Gasteiger charge is -2.37. The standard InChI is InChI=1S/C25H38ClN3O/c1-17(2)15-28(16-18(3)4)12-7-8-24-25-21(11-13-29(24)19(5)30)22-14-20(26)9-10-23(22)27(25)6/h9-10,14,17-18,24H,7-8,11-13,15-16H2,1-6H3. The molecule has 0 radical (unpaired) electrons. The van der Waals surface area contributed by atoms with Gasteiger partial charge in [0.2, 0.25) is 5.91 Å². The molecule has 0 saturated carbocycles. The summed E-state index contributed by atoms with van der Waals surface area (Å²) >= 11 is 6.31. The van der Waals surface area contributed by atoms with E-state index in [0.29, 0.717) is 11.8 Å². The maximum atomic E-state index is 12.5. The largest absolute Gasteiger partial charge is 0.346 e. The first kappa shape index (κ1) is 23.1. The minimum absolute atomic E-state index is 0.141. The van der Waals surface area contributed by atoms with Crippen molar-refractivity contribution in [1.82, 2.24) is 14.4 Å². The number of hydrogen-bond donors (Lipinski definition) is 0. The van der Waals surface area contributed by atoms with Crippen LogP contribution in [0.25, 0.3) is 10.9 Å². The lowest BCUT2D eigenvalue weighted by molar-refractivity contribution is -0.132. The predicted molar refractivity (Wildman–Crippen MR) is 127 cm³/mol. The number of carbonyl (C=O) groups excluding carboxylic acids is 1. The number of fused-ring (bicyclic) bond motifs is 3. The van der Waals surface area contributed by atoms with Crippen LogP contribution in [0.3, 0.4) is 0 Å². The highest BCUT2D eigenvalue weighted by molar-refractivity contribution is 6.31. The van der Waals surface area contributed by atoms with Crippen LogP contribution in [0.15, 0.2) is 18.2 Å². The number of carbonyl (C=O) groups is 1. The Kier molecular flexibility index (Phi) is 7.52. The molecule has 1 atom stereocenters. The molecule has 5 heteroatoms. The molecule has 4 nitrogen and oxygen atoms in total. The summed E-state index contributed by atoms with van der Waals surface area (Å²) in [7, 11) is 2.13. The Morgan fingerprint density at radius 2 is 1.87 bits per heavy atom. The molecule has 0 aliphatic carbocycles. The van der Waals surface area contributed by atoms with Gasteiger partial charge in [-0.25, -0.2) is 0 Å². The van der Waals surface area contributed by atoms with Crippen molar-refractivity contribution in [1.29, 1.82) is 0 Å². The maximum Gasteiger partial charge on any atom is 0.220 e. The average Bonchev–Trinajstić information content (AvgIpc) is 2.92. The summed E-state index contributed by atoms with van der Waals surface area (Å²) in [5.41, 5.74) is 3.88. The van der Waals surface area contributed by atoms with Crippen LogP contribution in [0.2, 0.25) is 5.02 Å². The van der Waals surface area contributed by atoms with Crippen molar-refractivity contribution < 1.29 is 4.79 Å². The molecule has 1 aromatic heterocycles. The van der Waals surface area contributed by atoms with Crippen LogP contribution >= 0.6 is 11.6 Å². The van der Waals surface area contributed by atoms with Gasteiger partial charge in [0.1, 0.15) is 0 Å². The van der Waals surface area contributed by atoms with Crippen molar-refractivity contribution in [3.05, 3.63) is 34.5 Å². The summed E-state index contributed by atoms with van der Waals surface area (Å²) in [6.45, 7) is 15.0. The van der Waals surface area contributed by atoms with Crippen molar-refractivity contribution in [2.24, 2.45) is 18.9 Å². The van der Waals surface area contributed by atoms with Gasteiger partial charge >= 0.3 is 0 Å². The molecule has 30 heavy (non-hydrogen) atoms. The van der Waals surface area contributed by atoms with Crippen molar-refractivity contribution >= 4 is 28.4 Å². The van der Waals surface area contributed by atoms with E-state index < -0.39 is 0 Å². The molecule has 1 amide bonds. The van der Waals surface area contributed by atoms with E-state index in [9.17, 15) is 4.79 Å². The molecule has 166 valence electrons. The molecule has 2 aromatic rings. The van der Waals surface area contributed by atoms with Crippen LogP contribution in [-0.2, 0) is 18.3 Å². The van der Waals surface area contributed by atoms with Gasteiger partial charge in [-0.3, -0.25) is 4.79 Å². The first-order valence-corrected chi connectivity index (χ1v) is 11.8. The van der Waals surface area contributed by atoms with Gasteiger partial charge in [0.15, 0.2) is 0 Å². The summed E-state index contributed by atoms with van der Waals surface area (Å²) < 4.78 is 2.29. The molecule has 1 aliphatic rings. The number of amides is 1. The fraction of sp³-hybridized carbons (Fsp3) is 0.640. The Hall–Kier alpha value is -1.52. The molecular weight excluding hydrogens is 394 g/mol. The SMILES string of the molecule is CC(=O)N1CCc2c(n(C)c3ccc(Cl)cc23)C1CCCN(CC(C)C)CC(C)C. The minimum Gasteiger partial charge on any atom is -0.346 e. The first-order valence-electron chi connectivity index (χ1n) is 11.4. The molecule has 0 N–H and O–H groups in total. The van der Waals surface area contributed by atoms with Crippen LogP contribution in [0.1, 0.15) is 64.8 Å². The third-order valence-corrected chi connectivity index (χ3v) is 6.45. The van der Waals surface area contributed by atoms with Gasteiger partial charge in [0, 0.05) is 55.2 Å². The summed E-state index contributed by atoms with van der Waals surface area (Å²) in [5, 5.41) is 2.02. The summed E-state index contributed by atoms with van der Waals surface area (Å²) in [5.74, 6) is 1.51. The van der Waals surface area contributed by atoms with E-state index in [1.807, 2.05) is 6.07 Å². The Balaban J connectivity index is 1.85. The zero-order valence-electron chi connectivity index (χ0n) is 19.5. The molecule has 0 saturated heterocycles. The average molecular weight is 432 g/mol. The third-order valence-electron chi connectivity index (χ3n) is 6.21. The van der Waals surface area contributed by atoms with E-state index in [0.717, 1.165) is 50.5 Å². The Morgan fingerprint density at radius 1 is 1.20 bits per heavy atom. The van der Waals surface area contributed by atoms with Crippen LogP contribution < -0.4 is 0 Å². The van der Waals surface area contributed by atoms with Gasteiger partial charge in [0.05, 0.1) is 6.04 Å². The predicted octanol–water partition coefficient (Wildman–Crippen LogP) is 5.67. The highest BCUT2D eigenvalue weighted by atomic mass is 35.5. The lowest BCUT2D eigenvalue weighted by atomic mass is 9.94. The molecule has 1 aromatic carbocycles. The van der Waals surface area contributed by atoms with Gasteiger partial charge in [0.25, 0.3) is 0 Å². The second-order valence-electron chi connectivity index (χ2n) is 9.75. The van der Waals surface area contributed by atoms with Crippen molar-refractivity contribution in [2.45, 2.75) is 59.9 Å². The van der Waals surface area contributed by atoms with Crippen LogP contribution in [0, 0.1) is 11.8 Å². The number of aryl methyl sites for hydroxylation is 1. The second kappa shape index (κ2) is 9.74. The summed E-state index contributed by atoms with van der Waals surface area (Å²) in [4.78, 5) is 17.1. The lowest BCUT2D eigenvalue weighted by Crippen LogP contribution is -2.40. The molecule has 3 rings (SSSR count).